The van der Waals surface area contributed by atoms with Gasteiger partial charge in [0.15, 0.2) is 0 Å². The molecule has 0 aliphatic carbocycles. The molecule has 9 heteroatoms. The molecule has 154 valence electrons. The maximum absolute atomic E-state index is 11.4. The standard InChI is InChI=1S/C18H32N4O5/c1-4-6-20-17(23)13-27-11-10-26-9-8-25-7-5-15-12-16(18(19)24)22(21-15)14(2)3/h12,14H,4-11,13H2,1-3H3,(H2,19,24)(H,20,23). The summed E-state index contributed by atoms with van der Waals surface area (Å²) in [4.78, 5) is 22.7. The number of nitrogens with two attached hydrogens (primary N) is 1. The van der Waals surface area contributed by atoms with Gasteiger partial charge in [0.1, 0.15) is 12.3 Å². The first kappa shape index (κ1) is 23.1. The van der Waals surface area contributed by atoms with E-state index in [1.165, 1.54) is 0 Å². The van der Waals surface area contributed by atoms with Gasteiger partial charge in [-0.1, -0.05) is 6.92 Å². The van der Waals surface area contributed by atoms with Crippen LogP contribution < -0.4 is 11.1 Å². The molecule has 0 saturated carbocycles. The molecule has 0 fully saturated rings. The molecular formula is C18H32N4O5. The molecule has 27 heavy (non-hydrogen) atoms. The smallest absolute Gasteiger partial charge is 0.266 e. The first-order valence-corrected chi connectivity index (χ1v) is 9.33. The van der Waals surface area contributed by atoms with Gasteiger partial charge in [0, 0.05) is 19.0 Å². The van der Waals surface area contributed by atoms with Gasteiger partial charge in [-0.15, -0.1) is 0 Å². The van der Waals surface area contributed by atoms with Crippen LogP contribution in [0.3, 0.4) is 0 Å². The Bertz CT molecular complexity index is 574. The molecule has 0 unspecified atom stereocenters. The fraction of sp³-hybridized carbons (Fsp3) is 0.722. The minimum atomic E-state index is -0.484. The predicted molar refractivity (Wildman–Crippen MR) is 101 cm³/mol. The number of nitrogens with one attached hydrogen (secondary N) is 1. The van der Waals surface area contributed by atoms with Crippen molar-refractivity contribution in [2.75, 3.05) is 46.2 Å². The van der Waals surface area contributed by atoms with E-state index in [0.29, 0.717) is 51.7 Å². The molecule has 1 aromatic rings. The zero-order valence-corrected chi connectivity index (χ0v) is 16.5. The van der Waals surface area contributed by atoms with Gasteiger partial charge >= 0.3 is 0 Å². The highest BCUT2D eigenvalue weighted by Crippen LogP contribution is 2.11. The molecule has 9 nitrogen and oxygen atoms in total. The van der Waals surface area contributed by atoms with Crippen LogP contribution in [0.1, 0.15) is 49.4 Å². The fourth-order valence-corrected chi connectivity index (χ4v) is 2.24. The molecule has 0 aliphatic rings. The van der Waals surface area contributed by atoms with Crippen molar-refractivity contribution in [2.24, 2.45) is 5.73 Å². The number of hydrogen-bond donors (Lipinski definition) is 2. The highest BCUT2D eigenvalue weighted by atomic mass is 16.5. The van der Waals surface area contributed by atoms with Gasteiger partial charge in [0.2, 0.25) is 5.91 Å². The van der Waals surface area contributed by atoms with E-state index in [0.717, 1.165) is 12.1 Å². The quantitative estimate of drug-likeness (QED) is 0.430. The summed E-state index contributed by atoms with van der Waals surface area (Å²) in [6.45, 7) is 8.74. The number of amides is 2. The maximum atomic E-state index is 11.4. The van der Waals surface area contributed by atoms with Crippen LogP contribution >= 0.6 is 0 Å². The van der Waals surface area contributed by atoms with E-state index in [1.807, 2.05) is 20.8 Å². The second-order valence-electron chi connectivity index (χ2n) is 6.30. The summed E-state index contributed by atoms with van der Waals surface area (Å²) >= 11 is 0. The van der Waals surface area contributed by atoms with Crippen LogP contribution in [0.5, 0.6) is 0 Å². The van der Waals surface area contributed by atoms with Crippen molar-refractivity contribution in [1.82, 2.24) is 15.1 Å². The molecule has 0 aromatic carbocycles. The summed E-state index contributed by atoms with van der Waals surface area (Å²) in [6.07, 6.45) is 1.50. The van der Waals surface area contributed by atoms with E-state index in [9.17, 15) is 9.59 Å². The number of carbonyl (C=O) groups excluding carboxylic acids is 2. The Morgan fingerprint density at radius 2 is 1.78 bits per heavy atom. The molecular weight excluding hydrogens is 352 g/mol. The lowest BCUT2D eigenvalue weighted by atomic mass is 10.3. The highest BCUT2D eigenvalue weighted by Gasteiger charge is 2.14. The van der Waals surface area contributed by atoms with Gasteiger partial charge in [-0.3, -0.25) is 14.3 Å². The van der Waals surface area contributed by atoms with Crippen LogP contribution in [0.15, 0.2) is 6.07 Å². The zero-order valence-electron chi connectivity index (χ0n) is 16.5. The SMILES string of the molecule is CCCNC(=O)COCCOCCOCCc1cc(C(N)=O)n(C(C)C)n1. The van der Waals surface area contributed by atoms with E-state index >= 15 is 0 Å². The number of nitrogens with zero attached hydrogens (tertiary/aromatic N) is 2. The molecule has 1 rings (SSSR count). The first-order valence-electron chi connectivity index (χ1n) is 9.33. The highest BCUT2D eigenvalue weighted by molar-refractivity contribution is 5.91. The molecule has 0 aliphatic heterocycles. The van der Waals surface area contributed by atoms with Gasteiger partial charge in [-0.05, 0) is 26.3 Å². The van der Waals surface area contributed by atoms with Gasteiger partial charge < -0.3 is 25.3 Å². The second kappa shape index (κ2) is 13.2. The van der Waals surface area contributed by atoms with Crippen molar-refractivity contribution in [3.05, 3.63) is 17.5 Å². The lowest BCUT2D eigenvalue weighted by molar-refractivity contribution is -0.126. The Balaban J connectivity index is 2.05. The lowest BCUT2D eigenvalue weighted by Crippen LogP contribution is -2.28. The van der Waals surface area contributed by atoms with Gasteiger partial charge in [0.05, 0.1) is 38.7 Å². The third-order valence-corrected chi connectivity index (χ3v) is 3.58. The Morgan fingerprint density at radius 1 is 1.15 bits per heavy atom. The van der Waals surface area contributed by atoms with Gasteiger partial charge in [-0.2, -0.15) is 5.10 Å². The molecule has 0 atom stereocenters. The van der Waals surface area contributed by atoms with Crippen molar-refractivity contribution in [2.45, 2.75) is 39.7 Å². The number of rotatable bonds is 15. The molecule has 0 radical (unpaired) electrons. The lowest BCUT2D eigenvalue weighted by Gasteiger charge is -2.08. The summed E-state index contributed by atoms with van der Waals surface area (Å²) in [5, 5.41) is 7.12. The molecule has 1 heterocycles. The summed E-state index contributed by atoms with van der Waals surface area (Å²) in [6, 6.07) is 1.77. The Labute approximate surface area is 160 Å². The largest absolute Gasteiger partial charge is 0.379 e. The predicted octanol–water partition coefficient (Wildman–Crippen LogP) is 0.681. The van der Waals surface area contributed by atoms with Gasteiger partial charge in [0.25, 0.3) is 5.91 Å². The minimum absolute atomic E-state index is 0.0518. The van der Waals surface area contributed by atoms with E-state index in [1.54, 1.807) is 10.7 Å². The maximum Gasteiger partial charge on any atom is 0.266 e. The number of aromatic nitrogens is 2. The third kappa shape index (κ3) is 9.50. The first-order chi connectivity index (χ1) is 13.0. The van der Waals surface area contributed by atoms with Gasteiger partial charge in [-0.25, -0.2) is 0 Å². The summed E-state index contributed by atoms with van der Waals surface area (Å²) in [7, 11) is 0. The van der Waals surface area contributed by atoms with Crippen molar-refractivity contribution in [1.29, 1.82) is 0 Å². The number of carbonyl (C=O) groups is 2. The Morgan fingerprint density at radius 3 is 2.33 bits per heavy atom. The minimum Gasteiger partial charge on any atom is -0.379 e. The number of hydrogen-bond acceptors (Lipinski definition) is 6. The Hall–Kier alpha value is -1.97. The monoisotopic (exact) mass is 384 g/mol. The molecule has 3 N–H and O–H groups in total. The van der Waals surface area contributed by atoms with Crippen LogP contribution in [0.25, 0.3) is 0 Å². The average molecular weight is 384 g/mol. The Kier molecular flexibility index (Phi) is 11.3. The number of ether oxygens (including phenoxy) is 3. The fourth-order valence-electron chi connectivity index (χ4n) is 2.24. The topological polar surface area (TPSA) is 118 Å². The van der Waals surface area contributed by atoms with Crippen molar-refractivity contribution >= 4 is 11.8 Å². The second-order valence-corrected chi connectivity index (χ2v) is 6.30. The molecule has 0 bridgehead atoms. The zero-order chi connectivity index (χ0) is 20.1. The average Bonchev–Trinajstić information content (AvgIpc) is 3.06. The van der Waals surface area contributed by atoms with Crippen molar-refractivity contribution < 1.29 is 23.8 Å². The van der Waals surface area contributed by atoms with Crippen LogP contribution in [-0.2, 0) is 25.4 Å². The third-order valence-electron chi connectivity index (χ3n) is 3.58. The number of primary amides is 1. The van der Waals surface area contributed by atoms with E-state index in [-0.39, 0.29) is 18.6 Å². The molecule has 1 aromatic heterocycles. The summed E-state index contributed by atoms with van der Waals surface area (Å²) in [5.41, 5.74) is 6.55. The van der Waals surface area contributed by atoms with Crippen LogP contribution in [0.4, 0.5) is 0 Å². The summed E-state index contributed by atoms with van der Waals surface area (Å²) < 4.78 is 17.7. The normalized spacial score (nSPS) is 11.1. The van der Waals surface area contributed by atoms with E-state index < -0.39 is 5.91 Å². The van der Waals surface area contributed by atoms with Crippen LogP contribution in [-0.4, -0.2) is 67.8 Å². The van der Waals surface area contributed by atoms with E-state index in [2.05, 4.69) is 10.4 Å². The molecule has 0 saturated heterocycles. The summed E-state index contributed by atoms with van der Waals surface area (Å²) in [5.74, 6) is -0.596. The van der Waals surface area contributed by atoms with Crippen LogP contribution in [0, 0.1) is 0 Å². The van der Waals surface area contributed by atoms with E-state index in [4.69, 9.17) is 19.9 Å². The van der Waals surface area contributed by atoms with Crippen molar-refractivity contribution in [3.63, 3.8) is 0 Å². The van der Waals surface area contributed by atoms with Crippen molar-refractivity contribution in [3.8, 4) is 0 Å². The molecule has 0 spiro atoms. The molecule has 2 amide bonds. The van der Waals surface area contributed by atoms with Crippen LogP contribution in [0.2, 0.25) is 0 Å².